The molecule has 4 heteroatoms. The molecule has 1 amide bonds. The number of hydrogen-bond acceptors (Lipinski definition) is 3. The highest BCUT2D eigenvalue weighted by atomic mass is 16.5. The minimum atomic E-state index is 0.125. The predicted molar refractivity (Wildman–Crippen MR) is 103 cm³/mol. The van der Waals surface area contributed by atoms with E-state index in [9.17, 15) is 4.79 Å². The van der Waals surface area contributed by atoms with Gasteiger partial charge in [-0.25, -0.2) is 0 Å². The summed E-state index contributed by atoms with van der Waals surface area (Å²) in [6.45, 7) is 6.04. The van der Waals surface area contributed by atoms with Gasteiger partial charge in [0.05, 0.1) is 6.61 Å². The summed E-state index contributed by atoms with van der Waals surface area (Å²) in [5, 5.41) is 0. The van der Waals surface area contributed by atoms with E-state index in [1.165, 1.54) is 6.42 Å². The van der Waals surface area contributed by atoms with E-state index in [2.05, 4.69) is 6.92 Å². The highest BCUT2D eigenvalue weighted by Gasteiger charge is 2.24. The van der Waals surface area contributed by atoms with Crippen molar-refractivity contribution in [3.8, 4) is 11.5 Å². The third-order valence-electron chi connectivity index (χ3n) is 4.78. The SMILES string of the molecule is CCOc1ccc(OCc2cccc(C(=O)N3CCCCC3C)c2)cc1. The molecule has 1 unspecified atom stereocenters. The summed E-state index contributed by atoms with van der Waals surface area (Å²) in [5.41, 5.74) is 1.74. The molecule has 2 aromatic carbocycles. The van der Waals surface area contributed by atoms with Crippen LogP contribution < -0.4 is 9.47 Å². The number of benzene rings is 2. The number of nitrogens with zero attached hydrogens (tertiary/aromatic N) is 1. The zero-order valence-electron chi connectivity index (χ0n) is 15.6. The van der Waals surface area contributed by atoms with Crippen molar-refractivity contribution in [3.63, 3.8) is 0 Å². The van der Waals surface area contributed by atoms with Crippen LogP contribution in [0.2, 0.25) is 0 Å². The molecule has 0 radical (unpaired) electrons. The van der Waals surface area contributed by atoms with E-state index >= 15 is 0 Å². The van der Waals surface area contributed by atoms with Crippen molar-refractivity contribution in [2.24, 2.45) is 0 Å². The van der Waals surface area contributed by atoms with Gasteiger partial charge in [-0.15, -0.1) is 0 Å². The van der Waals surface area contributed by atoms with Crippen molar-refractivity contribution in [1.82, 2.24) is 4.90 Å². The van der Waals surface area contributed by atoms with E-state index in [1.807, 2.05) is 60.4 Å². The van der Waals surface area contributed by atoms with Crippen molar-refractivity contribution in [2.75, 3.05) is 13.2 Å². The second kappa shape index (κ2) is 8.75. The monoisotopic (exact) mass is 353 g/mol. The summed E-state index contributed by atoms with van der Waals surface area (Å²) < 4.78 is 11.3. The zero-order valence-corrected chi connectivity index (χ0v) is 15.6. The lowest BCUT2D eigenvalue weighted by Crippen LogP contribution is -2.42. The van der Waals surface area contributed by atoms with Crippen molar-refractivity contribution >= 4 is 5.91 Å². The van der Waals surface area contributed by atoms with Crippen molar-refractivity contribution < 1.29 is 14.3 Å². The predicted octanol–water partition coefficient (Wildman–Crippen LogP) is 4.68. The van der Waals surface area contributed by atoms with Crippen LogP contribution in [0.3, 0.4) is 0 Å². The molecule has 1 fully saturated rings. The van der Waals surface area contributed by atoms with E-state index in [0.717, 1.165) is 42.0 Å². The number of ether oxygens (including phenoxy) is 2. The Labute approximate surface area is 155 Å². The van der Waals surface area contributed by atoms with Gasteiger partial charge in [-0.2, -0.15) is 0 Å². The van der Waals surface area contributed by atoms with Crippen LogP contribution in [-0.4, -0.2) is 30.0 Å². The van der Waals surface area contributed by atoms with Crippen LogP contribution in [0.25, 0.3) is 0 Å². The molecule has 1 atom stereocenters. The molecule has 138 valence electrons. The third-order valence-corrected chi connectivity index (χ3v) is 4.78. The number of amides is 1. The van der Waals surface area contributed by atoms with Crippen molar-refractivity contribution in [2.45, 2.75) is 45.8 Å². The molecule has 1 aliphatic rings. The number of carbonyl (C=O) groups is 1. The van der Waals surface area contributed by atoms with Gasteiger partial charge >= 0.3 is 0 Å². The molecular weight excluding hydrogens is 326 g/mol. The van der Waals surface area contributed by atoms with Gasteiger partial charge in [0.2, 0.25) is 0 Å². The highest BCUT2D eigenvalue weighted by molar-refractivity contribution is 5.94. The molecule has 1 saturated heterocycles. The number of piperidine rings is 1. The summed E-state index contributed by atoms with van der Waals surface area (Å²) >= 11 is 0. The van der Waals surface area contributed by atoms with Crippen LogP contribution in [0.4, 0.5) is 0 Å². The molecule has 1 aliphatic heterocycles. The molecule has 3 rings (SSSR count). The van der Waals surface area contributed by atoms with Gasteiger partial charge in [0.25, 0.3) is 5.91 Å². The number of hydrogen-bond donors (Lipinski definition) is 0. The fourth-order valence-electron chi connectivity index (χ4n) is 3.33. The largest absolute Gasteiger partial charge is 0.494 e. The Bertz CT molecular complexity index is 726. The van der Waals surface area contributed by atoms with Gasteiger partial charge in [-0.05, 0) is 75.1 Å². The molecule has 2 aromatic rings. The lowest BCUT2D eigenvalue weighted by molar-refractivity contribution is 0.0635. The van der Waals surface area contributed by atoms with Crippen LogP contribution >= 0.6 is 0 Å². The molecular formula is C22H27NO3. The normalized spacial score (nSPS) is 17.0. The maximum atomic E-state index is 12.8. The van der Waals surface area contributed by atoms with Gasteiger partial charge < -0.3 is 14.4 Å². The first-order valence-corrected chi connectivity index (χ1v) is 9.43. The fraction of sp³-hybridized carbons (Fsp3) is 0.409. The number of rotatable bonds is 6. The van der Waals surface area contributed by atoms with Crippen LogP contribution in [0.15, 0.2) is 48.5 Å². The maximum Gasteiger partial charge on any atom is 0.254 e. The Morgan fingerprint density at radius 1 is 1.08 bits per heavy atom. The van der Waals surface area contributed by atoms with E-state index in [1.54, 1.807) is 0 Å². The third kappa shape index (κ3) is 4.57. The van der Waals surface area contributed by atoms with Crippen LogP contribution in [0.5, 0.6) is 11.5 Å². The minimum Gasteiger partial charge on any atom is -0.494 e. The maximum absolute atomic E-state index is 12.8. The summed E-state index contributed by atoms with van der Waals surface area (Å²) in [5.74, 6) is 1.75. The average Bonchev–Trinajstić information content (AvgIpc) is 2.68. The summed E-state index contributed by atoms with van der Waals surface area (Å²) in [4.78, 5) is 14.8. The Morgan fingerprint density at radius 3 is 2.50 bits per heavy atom. The smallest absolute Gasteiger partial charge is 0.254 e. The molecule has 0 aliphatic carbocycles. The number of likely N-dealkylation sites (tertiary alicyclic amines) is 1. The summed E-state index contributed by atoms with van der Waals surface area (Å²) in [6.07, 6.45) is 3.39. The Kier molecular flexibility index (Phi) is 6.16. The van der Waals surface area contributed by atoms with Crippen molar-refractivity contribution in [3.05, 3.63) is 59.7 Å². The van der Waals surface area contributed by atoms with E-state index < -0.39 is 0 Å². The van der Waals surface area contributed by atoms with E-state index in [0.29, 0.717) is 19.3 Å². The molecule has 1 heterocycles. The van der Waals surface area contributed by atoms with E-state index in [4.69, 9.17) is 9.47 Å². The topological polar surface area (TPSA) is 38.8 Å². The highest BCUT2D eigenvalue weighted by Crippen LogP contribution is 2.21. The molecule has 0 N–H and O–H groups in total. The first-order chi connectivity index (χ1) is 12.7. The van der Waals surface area contributed by atoms with E-state index in [-0.39, 0.29) is 5.91 Å². The standard InChI is InChI=1S/C22H27NO3/c1-3-25-20-10-12-21(13-11-20)26-16-18-8-6-9-19(15-18)22(24)23-14-5-4-7-17(23)2/h6,8-13,15,17H,3-5,7,14,16H2,1-2H3. The second-order valence-corrected chi connectivity index (χ2v) is 6.74. The summed E-state index contributed by atoms with van der Waals surface area (Å²) in [7, 11) is 0. The molecule has 4 nitrogen and oxygen atoms in total. The number of carbonyl (C=O) groups excluding carboxylic acids is 1. The Hall–Kier alpha value is -2.49. The van der Waals surface area contributed by atoms with Gasteiger partial charge in [-0.1, -0.05) is 12.1 Å². The molecule has 0 saturated carbocycles. The van der Waals surface area contributed by atoms with Crippen LogP contribution in [0.1, 0.15) is 49.0 Å². The van der Waals surface area contributed by atoms with Gasteiger partial charge in [0, 0.05) is 18.2 Å². The first kappa shape index (κ1) is 18.3. The first-order valence-electron chi connectivity index (χ1n) is 9.43. The minimum absolute atomic E-state index is 0.125. The summed E-state index contributed by atoms with van der Waals surface area (Å²) in [6, 6.07) is 15.7. The zero-order chi connectivity index (χ0) is 18.4. The lowest BCUT2D eigenvalue weighted by Gasteiger charge is -2.33. The van der Waals surface area contributed by atoms with Gasteiger partial charge in [0.15, 0.2) is 0 Å². The average molecular weight is 353 g/mol. The molecule has 0 spiro atoms. The fourth-order valence-corrected chi connectivity index (χ4v) is 3.33. The Morgan fingerprint density at radius 2 is 1.81 bits per heavy atom. The quantitative estimate of drug-likeness (QED) is 0.757. The molecule has 26 heavy (non-hydrogen) atoms. The van der Waals surface area contributed by atoms with Gasteiger partial charge in [-0.3, -0.25) is 4.79 Å². The molecule has 0 bridgehead atoms. The van der Waals surface area contributed by atoms with Crippen molar-refractivity contribution in [1.29, 1.82) is 0 Å². The second-order valence-electron chi connectivity index (χ2n) is 6.74. The van der Waals surface area contributed by atoms with Crippen LogP contribution in [-0.2, 0) is 6.61 Å². The lowest BCUT2D eigenvalue weighted by atomic mass is 10.0. The molecule has 0 aromatic heterocycles. The van der Waals surface area contributed by atoms with Gasteiger partial charge in [0.1, 0.15) is 18.1 Å². The van der Waals surface area contributed by atoms with Crippen LogP contribution in [0, 0.1) is 0 Å². The Balaban J connectivity index is 1.62.